The number of para-hydroxylation sites is 1. The number of nitrogens with one attached hydrogen (secondary N) is 1. The summed E-state index contributed by atoms with van der Waals surface area (Å²) in [6, 6.07) is 7.57. The molecule has 1 aliphatic rings. The Kier molecular flexibility index (Phi) is 5.06. The van der Waals surface area contributed by atoms with E-state index in [-0.39, 0.29) is 11.5 Å². The fourth-order valence-corrected chi connectivity index (χ4v) is 3.70. The molecular weight excluding hydrogens is 355 g/mol. The minimum absolute atomic E-state index is 0.102. The van der Waals surface area contributed by atoms with Gasteiger partial charge in [-0.25, -0.2) is 4.68 Å². The van der Waals surface area contributed by atoms with Gasteiger partial charge in [0.05, 0.1) is 30.0 Å². The van der Waals surface area contributed by atoms with E-state index in [4.69, 9.17) is 0 Å². The average Bonchev–Trinajstić information content (AvgIpc) is 2.95. The minimum Gasteiger partial charge on any atom is -0.349 e. The maximum absolute atomic E-state index is 12.4. The Morgan fingerprint density at radius 2 is 2.04 bits per heavy atom. The number of hydrogen-bond acceptors (Lipinski definition) is 2. The van der Waals surface area contributed by atoms with E-state index in [9.17, 15) is 18.0 Å². The highest BCUT2D eigenvalue weighted by Crippen LogP contribution is 2.41. The zero-order chi connectivity index (χ0) is 19.8. The van der Waals surface area contributed by atoms with Gasteiger partial charge in [-0.1, -0.05) is 32.0 Å². The van der Waals surface area contributed by atoms with Crippen LogP contribution in [-0.2, 0) is 11.2 Å². The predicted molar refractivity (Wildman–Crippen MR) is 96.6 cm³/mol. The maximum atomic E-state index is 12.4. The third kappa shape index (κ3) is 4.51. The zero-order valence-electron chi connectivity index (χ0n) is 15.7. The first-order valence-electron chi connectivity index (χ1n) is 9.05. The summed E-state index contributed by atoms with van der Waals surface area (Å²) in [4.78, 5) is 12.1. The van der Waals surface area contributed by atoms with Gasteiger partial charge in [0.2, 0.25) is 5.91 Å². The van der Waals surface area contributed by atoms with Crippen molar-refractivity contribution in [2.75, 3.05) is 0 Å². The van der Waals surface area contributed by atoms with Gasteiger partial charge in [0.1, 0.15) is 0 Å². The second kappa shape index (κ2) is 7.02. The highest BCUT2D eigenvalue weighted by Gasteiger charge is 2.36. The number of hydrogen-bond donors (Lipinski definition) is 1. The van der Waals surface area contributed by atoms with Crippen LogP contribution in [0.15, 0.2) is 30.5 Å². The molecule has 1 amide bonds. The van der Waals surface area contributed by atoms with Crippen molar-refractivity contribution in [2.24, 2.45) is 5.41 Å². The Balaban J connectivity index is 1.87. The monoisotopic (exact) mass is 379 g/mol. The Morgan fingerprint density at radius 1 is 1.33 bits per heavy atom. The third-order valence-electron chi connectivity index (χ3n) is 4.99. The summed E-state index contributed by atoms with van der Waals surface area (Å²) in [5.41, 5.74) is 3.84. The fraction of sp³-hybridized carbons (Fsp3) is 0.500. The molecule has 3 rings (SSSR count). The van der Waals surface area contributed by atoms with Crippen LogP contribution in [-0.4, -0.2) is 21.9 Å². The van der Waals surface area contributed by atoms with Gasteiger partial charge in [-0.3, -0.25) is 4.79 Å². The van der Waals surface area contributed by atoms with Crippen molar-refractivity contribution in [3.63, 3.8) is 0 Å². The first kappa shape index (κ1) is 19.5. The molecule has 146 valence electrons. The highest BCUT2D eigenvalue weighted by molar-refractivity contribution is 5.76. The van der Waals surface area contributed by atoms with E-state index < -0.39 is 24.9 Å². The van der Waals surface area contributed by atoms with Crippen LogP contribution in [0, 0.1) is 12.3 Å². The number of fused-ring (bicyclic) bond motifs is 1. The molecule has 1 aromatic carbocycles. The molecule has 7 heteroatoms. The van der Waals surface area contributed by atoms with Crippen molar-refractivity contribution in [2.45, 2.75) is 58.7 Å². The van der Waals surface area contributed by atoms with E-state index in [0.29, 0.717) is 6.42 Å². The van der Waals surface area contributed by atoms with Crippen LogP contribution in [0.2, 0.25) is 0 Å². The van der Waals surface area contributed by atoms with Crippen LogP contribution in [0.25, 0.3) is 5.69 Å². The second-order valence-electron chi connectivity index (χ2n) is 8.03. The van der Waals surface area contributed by atoms with Gasteiger partial charge in [-0.15, -0.1) is 0 Å². The van der Waals surface area contributed by atoms with Crippen molar-refractivity contribution >= 4 is 5.91 Å². The standard InChI is InChI=1S/C20H24F3N3O/c1-13-6-4-5-7-16(13)26-17-11-19(2,3)10-15(14(17)12-24-26)25-18(27)8-9-20(21,22)23/h4-7,12,15H,8-11H2,1-3H3,(H,25,27)/t15-/m1/s1. The van der Waals surface area contributed by atoms with E-state index >= 15 is 0 Å². The SMILES string of the molecule is Cc1ccccc1-n1ncc2c1CC(C)(C)C[C@H]2NC(=O)CCC(F)(F)F. The Hall–Kier alpha value is -2.31. The lowest BCUT2D eigenvalue weighted by atomic mass is 9.74. The topological polar surface area (TPSA) is 46.9 Å². The number of nitrogens with zero attached hydrogens (tertiary/aromatic N) is 2. The van der Waals surface area contributed by atoms with E-state index in [1.165, 1.54) is 0 Å². The number of carbonyl (C=O) groups is 1. The summed E-state index contributed by atoms with van der Waals surface area (Å²) in [7, 11) is 0. The van der Waals surface area contributed by atoms with Crippen LogP contribution < -0.4 is 5.32 Å². The van der Waals surface area contributed by atoms with Gasteiger partial charge in [-0.05, 0) is 36.8 Å². The summed E-state index contributed by atoms with van der Waals surface area (Å²) < 4.78 is 39.1. The summed E-state index contributed by atoms with van der Waals surface area (Å²) in [5.74, 6) is -0.579. The molecule has 0 unspecified atom stereocenters. The number of carbonyl (C=O) groups excluding carboxylic acids is 1. The maximum Gasteiger partial charge on any atom is 0.389 e. The molecule has 1 aromatic heterocycles. The molecular formula is C20H24F3N3O. The average molecular weight is 379 g/mol. The van der Waals surface area contributed by atoms with Crippen molar-refractivity contribution in [1.29, 1.82) is 0 Å². The molecule has 0 bridgehead atoms. The molecule has 2 aromatic rings. The van der Waals surface area contributed by atoms with Crippen LogP contribution in [0.4, 0.5) is 13.2 Å². The van der Waals surface area contributed by atoms with Gasteiger partial charge >= 0.3 is 6.18 Å². The molecule has 27 heavy (non-hydrogen) atoms. The first-order valence-corrected chi connectivity index (χ1v) is 9.05. The normalized spacial score (nSPS) is 18.8. The lowest BCUT2D eigenvalue weighted by molar-refractivity contribution is -0.144. The predicted octanol–water partition coefficient (Wildman–Crippen LogP) is 4.65. The van der Waals surface area contributed by atoms with Gasteiger partial charge in [0, 0.05) is 12.0 Å². The van der Waals surface area contributed by atoms with E-state index in [1.807, 2.05) is 35.9 Å². The van der Waals surface area contributed by atoms with Crippen molar-refractivity contribution in [3.8, 4) is 5.69 Å². The Morgan fingerprint density at radius 3 is 2.70 bits per heavy atom. The van der Waals surface area contributed by atoms with Gasteiger partial charge in [-0.2, -0.15) is 18.3 Å². The van der Waals surface area contributed by atoms with Crippen LogP contribution in [0.1, 0.15) is 56.0 Å². The molecule has 0 aliphatic heterocycles. The number of benzene rings is 1. The van der Waals surface area contributed by atoms with Gasteiger partial charge < -0.3 is 5.32 Å². The smallest absolute Gasteiger partial charge is 0.349 e. The van der Waals surface area contributed by atoms with Crippen molar-refractivity contribution < 1.29 is 18.0 Å². The summed E-state index contributed by atoms with van der Waals surface area (Å²) in [5, 5.41) is 7.31. The molecule has 0 saturated heterocycles. The Bertz CT molecular complexity index is 839. The summed E-state index contributed by atoms with van der Waals surface area (Å²) in [6.45, 7) is 6.20. The summed E-state index contributed by atoms with van der Waals surface area (Å²) >= 11 is 0. The Labute approximate surface area is 156 Å². The van der Waals surface area contributed by atoms with E-state index in [0.717, 1.165) is 28.9 Å². The third-order valence-corrected chi connectivity index (χ3v) is 4.99. The molecule has 0 radical (unpaired) electrons. The second-order valence-corrected chi connectivity index (χ2v) is 8.03. The largest absolute Gasteiger partial charge is 0.389 e. The number of aryl methyl sites for hydroxylation is 1. The van der Waals surface area contributed by atoms with Crippen molar-refractivity contribution in [3.05, 3.63) is 47.3 Å². The highest BCUT2D eigenvalue weighted by atomic mass is 19.4. The molecule has 1 heterocycles. The fourth-order valence-electron chi connectivity index (χ4n) is 3.70. The molecule has 0 spiro atoms. The number of amides is 1. The van der Waals surface area contributed by atoms with Gasteiger partial charge in [0.25, 0.3) is 0 Å². The number of halogens is 3. The summed E-state index contributed by atoms with van der Waals surface area (Å²) in [6.07, 6.45) is -2.81. The van der Waals surface area contributed by atoms with E-state index in [2.05, 4.69) is 24.3 Å². The number of rotatable bonds is 4. The first-order chi connectivity index (χ1) is 12.6. The quantitative estimate of drug-likeness (QED) is 0.840. The molecule has 1 atom stereocenters. The lowest BCUT2D eigenvalue weighted by Crippen LogP contribution is -2.37. The van der Waals surface area contributed by atoms with Crippen molar-refractivity contribution in [1.82, 2.24) is 15.1 Å². The van der Waals surface area contributed by atoms with Crippen LogP contribution in [0.5, 0.6) is 0 Å². The number of aromatic nitrogens is 2. The van der Waals surface area contributed by atoms with E-state index in [1.54, 1.807) is 6.20 Å². The molecule has 0 fully saturated rings. The minimum atomic E-state index is -4.33. The molecule has 4 nitrogen and oxygen atoms in total. The molecule has 1 N–H and O–H groups in total. The lowest BCUT2D eigenvalue weighted by Gasteiger charge is -2.36. The molecule has 0 saturated carbocycles. The van der Waals surface area contributed by atoms with Crippen LogP contribution >= 0.6 is 0 Å². The van der Waals surface area contributed by atoms with Crippen LogP contribution in [0.3, 0.4) is 0 Å². The number of alkyl halides is 3. The van der Waals surface area contributed by atoms with Gasteiger partial charge in [0.15, 0.2) is 0 Å². The molecule has 1 aliphatic carbocycles. The zero-order valence-corrected chi connectivity index (χ0v) is 15.7.